The van der Waals surface area contributed by atoms with Crippen LogP contribution in [-0.4, -0.2) is 27.6 Å². The first-order valence-electron chi connectivity index (χ1n) is 6.10. The van der Waals surface area contributed by atoms with Gasteiger partial charge in [-0.05, 0) is 25.7 Å². The molecule has 0 spiro atoms. The van der Waals surface area contributed by atoms with E-state index in [1.165, 1.54) is 31.2 Å². The summed E-state index contributed by atoms with van der Waals surface area (Å²) in [7, 11) is 1.31. The minimum absolute atomic E-state index is 0.135. The van der Waals surface area contributed by atoms with Crippen molar-refractivity contribution in [1.29, 1.82) is 0 Å². The van der Waals surface area contributed by atoms with Crippen molar-refractivity contribution < 1.29 is 9.53 Å². The fourth-order valence-corrected chi connectivity index (χ4v) is 3.34. The molecule has 7 heteroatoms. The molecule has 2 N–H and O–H groups in total. The number of aromatic nitrogens is 3. The average Bonchev–Trinajstić information content (AvgIpc) is 3.00. The number of thiazole rings is 1. The second-order valence-electron chi connectivity index (χ2n) is 4.41. The number of rotatable bonds is 2. The number of ether oxygens (including phenoxy) is 1. The van der Waals surface area contributed by atoms with Crippen molar-refractivity contribution in [3.63, 3.8) is 0 Å². The number of nitrogens with two attached hydrogens (primary N) is 1. The maximum atomic E-state index is 11.5. The first kappa shape index (κ1) is 12.2. The lowest BCUT2D eigenvalue weighted by Crippen LogP contribution is -2.07. The number of carbonyl (C=O) groups is 1. The summed E-state index contributed by atoms with van der Waals surface area (Å²) < 4.78 is 6.28. The van der Waals surface area contributed by atoms with Gasteiger partial charge in [0.05, 0.1) is 12.8 Å². The monoisotopic (exact) mass is 278 g/mol. The Hall–Kier alpha value is -1.89. The van der Waals surface area contributed by atoms with Crippen LogP contribution in [0.2, 0.25) is 0 Å². The highest BCUT2D eigenvalue weighted by Crippen LogP contribution is 2.30. The van der Waals surface area contributed by atoms with E-state index in [4.69, 9.17) is 5.73 Å². The van der Waals surface area contributed by atoms with Crippen LogP contribution in [0.1, 0.15) is 33.9 Å². The minimum Gasteiger partial charge on any atom is -0.464 e. The summed E-state index contributed by atoms with van der Waals surface area (Å²) in [6.07, 6.45) is 6.01. The number of esters is 1. The van der Waals surface area contributed by atoms with E-state index in [-0.39, 0.29) is 11.5 Å². The van der Waals surface area contributed by atoms with Crippen LogP contribution in [0.25, 0.3) is 5.13 Å². The molecule has 0 atom stereocenters. The second kappa shape index (κ2) is 4.65. The van der Waals surface area contributed by atoms with Crippen molar-refractivity contribution in [2.24, 2.45) is 0 Å². The first-order chi connectivity index (χ1) is 9.20. The van der Waals surface area contributed by atoms with Gasteiger partial charge in [0.15, 0.2) is 10.8 Å². The van der Waals surface area contributed by atoms with Gasteiger partial charge in [0, 0.05) is 4.88 Å². The SMILES string of the molecule is COC(=O)c1ncn(-c2nc3c(s2)CCCC3)c1N. The minimum atomic E-state index is -0.530. The van der Waals surface area contributed by atoms with Crippen LogP contribution in [0.4, 0.5) is 5.82 Å². The smallest absolute Gasteiger partial charge is 0.360 e. The molecule has 3 rings (SSSR count). The molecule has 19 heavy (non-hydrogen) atoms. The Morgan fingerprint density at radius 1 is 1.47 bits per heavy atom. The molecule has 0 saturated heterocycles. The Morgan fingerprint density at radius 3 is 3.00 bits per heavy atom. The lowest BCUT2D eigenvalue weighted by Gasteiger charge is -2.06. The lowest BCUT2D eigenvalue weighted by molar-refractivity contribution is 0.0596. The van der Waals surface area contributed by atoms with E-state index in [9.17, 15) is 4.79 Å². The number of hydrogen-bond donors (Lipinski definition) is 1. The van der Waals surface area contributed by atoms with Gasteiger partial charge in [0.25, 0.3) is 0 Å². The third-order valence-corrected chi connectivity index (χ3v) is 4.38. The number of aryl methyl sites for hydroxylation is 2. The number of fused-ring (bicyclic) bond motifs is 1. The van der Waals surface area contributed by atoms with Crippen LogP contribution in [0, 0.1) is 0 Å². The van der Waals surface area contributed by atoms with Crippen molar-refractivity contribution in [1.82, 2.24) is 14.5 Å². The van der Waals surface area contributed by atoms with Gasteiger partial charge >= 0.3 is 5.97 Å². The standard InChI is InChI=1S/C12H14N4O2S/c1-18-11(17)9-10(13)16(6-14-9)12-15-7-4-2-3-5-8(7)19-12/h6H,2-5,13H2,1H3. The number of nitrogens with zero attached hydrogens (tertiary/aromatic N) is 3. The summed E-state index contributed by atoms with van der Waals surface area (Å²) in [5.41, 5.74) is 7.22. The number of methoxy groups -OCH3 is 1. The van der Waals surface area contributed by atoms with E-state index in [0.29, 0.717) is 0 Å². The van der Waals surface area contributed by atoms with Crippen molar-refractivity contribution in [3.05, 3.63) is 22.6 Å². The molecule has 0 radical (unpaired) electrons. The van der Waals surface area contributed by atoms with Crippen LogP contribution in [0.5, 0.6) is 0 Å². The van der Waals surface area contributed by atoms with Gasteiger partial charge in [-0.15, -0.1) is 11.3 Å². The van der Waals surface area contributed by atoms with Crippen molar-refractivity contribution >= 4 is 23.1 Å². The third-order valence-electron chi connectivity index (χ3n) is 3.22. The summed E-state index contributed by atoms with van der Waals surface area (Å²) in [4.78, 5) is 21.4. The molecule has 2 aromatic rings. The number of imidazole rings is 1. The second-order valence-corrected chi connectivity index (χ2v) is 5.48. The Morgan fingerprint density at radius 2 is 2.26 bits per heavy atom. The van der Waals surface area contributed by atoms with Gasteiger partial charge in [-0.1, -0.05) is 0 Å². The largest absolute Gasteiger partial charge is 0.464 e. The number of hydrogen-bond acceptors (Lipinski definition) is 6. The van der Waals surface area contributed by atoms with E-state index < -0.39 is 5.97 Å². The lowest BCUT2D eigenvalue weighted by atomic mass is 10.0. The summed E-state index contributed by atoms with van der Waals surface area (Å²) >= 11 is 1.61. The summed E-state index contributed by atoms with van der Waals surface area (Å²) in [6.45, 7) is 0. The van der Waals surface area contributed by atoms with Gasteiger partial charge in [-0.3, -0.25) is 4.57 Å². The third kappa shape index (κ3) is 1.99. The molecular weight excluding hydrogens is 264 g/mol. The van der Waals surface area contributed by atoms with Gasteiger partial charge in [0.1, 0.15) is 12.1 Å². The molecular formula is C12H14N4O2S. The molecule has 0 amide bonds. The number of anilines is 1. The van der Waals surface area contributed by atoms with Crippen LogP contribution >= 0.6 is 11.3 Å². The van der Waals surface area contributed by atoms with Crippen LogP contribution < -0.4 is 5.73 Å². The van der Waals surface area contributed by atoms with E-state index in [1.54, 1.807) is 15.9 Å². The zero-order valence-electron chi connectivity index (χ0n) is 10.5. The van der Waals surface area contributed by atoms with E-state index in [0.717, 1.165) is 23.7 Å². The highest BCUT2D eigenvalue weighted by atomic mass is 32.1. The molecule has 0 bridgehead atoms. The summed E-state index contributed by atoms with van der Waals surface area (Å²) in [5.74, 6) is -0.254. The Kier molecular flexibility index (Phi) is 2.98. The van der Waals surface area contributed by atoms with Gasteiger partial charge in [0.2, 0.25) is 0 Å². The highest BCUT2D eigenvalue weighted by Gasteiger charge is 2.21. The van der Waals surface area contributed by atoms with Crippen LogP contribution in [0.15, 0.2) is 6.33 Å². The van der Waals surface area contributed by atoms with Crippen LogP contribution in [0.3, 0.4) is 0 Å². The van der Waals surface area contributed by atoms with Crippen LogP contribution in [-0.2, 0) is 17.6 Å². The fraction of sp³-hybridized carbons (Fsp3) is 0.417. The molecule has 0 unspecified atom stereocenters. The molecule has 0 aromatic carbocycles. The number of carbonyl (C=O) groups excluding carboxylic acids is 1. The van der Waals surface area contributed by atoms with E-state index in [1.807, 2.05) is 0 Å². The van der Waals surface area contributed by atoms with Gasteiger partial charge < -0.3 is 10.5 Å². The quantitative estimate of drug-likeness (QED) is 0.843. The van der Waals surface area contributed by atoms with Gasteiger partial charge in [-0.25, -0.2) is 14.8 Å². The maximum absolute atomic E-state index is 11.5. The normalized spacial score (nSPS) is 14.2. The Labute approximate surface area is 114 Å². The fourth-order valence-electron chi connectivity index (χ4n) is 2.21. The molecule has 0 fully saturated rings. The van der Waals surface area contributed by atoms with Crippen molar-refractivity contribution in [3.8, 4) is 5.13 Å². The van der Waals surface area contributed by atoms with E-state index in [2.05, 4.69) is 14.7 Å². The summed E-state index contributed by atoms with van der Waals surface area (Å²) in [5, 5.41) is 0.770. The Balaban J connectivity index is 2.00. The average molecular weight is 278 g/mol. The number of nitrogen functional groups attached to an aromatic ring is 1. The molecule has 1 aliphatic carbocycles. The Bertz CT molecular complexity index is 608. The molecule has 2 aromatic heterocycles. The molecule has 0 saturated carbocycles. The molecule has 0 aliphatic heterocycles. The highest BCUT2D eigenvalue weighted by molar-refractivity contribution is 7.14. The zero-order chi connectivity index (χ0) is 13.4. The van der Waals surface area contributed by atoms with Crippen molar-refractivity contribution in [2.45, 2.75) is 25.7 Å². The van der Waals surface area contributed by atoms with Gasteiger partial charge in [-0.2, -0.15) is 0 Å². The summed E-state index contributed by atoms with van der Waals surface area (Å²) in [6, 6.07) is 0. The van der Waals surface area contributed by atoms with Crippen molar-refractivity contribution in [2.75, 3.05) is 12.8 Å². The van der Waals surface area contributed by atoms with E-state index >= 15 is 0 Å². The molecule has 6 nitrogen and oxygen atoms in total. The first-order valence-corrected chi connectivity index (χ1v) is 6.92. The maximum Gasteiger partial charge on any atom is 0.360 e. The predicted molar refractivity (Wildman–Crippen MR) is 71.6 cm³/mol. The topological polar surface area (TPSA) is 83.0 Å². The zero-order valence-corrected chi connectivity index (χ0v) is 11.4. The molecule has 1 aliphatic rings. The predicted octanol–water partition coefficient (Wildman–Crippen LogP) is 1.58. The molecule has 100 valence electrons. The molecule has 2 heterocycles.